The van der Waals surface area contributed by atoms with Crippen LogP contribution in [-0.4, -0.2) is 49.3 Å². The summed E-state index contributed by atoms with van der Waals surface area (Å²) in [6.07, 6.45) is 2.24. The van der Waals surface area contributed by atoms with Crippen molar-refractivity contribution < 1.29 is 14.6 Å². The minimum absolute atomic E-state index is 0.0302. The molecule has 0 aliphatic carbocycles. The number of nitrogens with zero attached hydrogens (tertiary/aromatic N) is 1. The summed E-state index contributed by atoms with van der Waals surface area (Å²) in [6, 6.07) is 0. The first-order valence-electron chi connectivity index (χ1n) is 5.13. The molecule has 0 aromatic heterocycles. The van der Waals surface area contributed by atoms with Gasteiger partial charge in [-0.3, -0.25) is 4.79 Å². The third-order valence-corrected chi connectivity index (χ3v) is 1.96. The van der Waals surface area contributed by atoms with E-state index in [0.717, 1.165) is 12.8 Å². The van der Waals surface area contributed by atoms with Crippen molar-refractivity contribution >= 4 is 5.91 Å². The number of carbonyl (C=O) groups excluding carboxylic acids is 1. The first-order valence-corrected chi connectivity index (χ1v) is 5.13. The molecule has 0 saturated heterocycles. The van der Waals surface area contributed by atoms with Crippen LogP contribution in [0.15, 0.2) is 0 Å². The molecule has 0 rings (SSSR count). The van der Waals surface area contributed by atoms with E-state index in [9.17, 15) is 4.79 Å². The maximum absolute atomic E-state index is 11.5. The van der Waals surface area contributed by atoms with Crippen molar-refractivity contribution in [2.24, 2.45) is 0 Å². The maximum atomic E-state index is 11.5. The number of hydrogen-bond acceptors (Lipinski definition) is 3. The molecule has 0 aliphatic heterocycles. The van der Waals surface area contributed by atoms with Crippen molar-refractivity contribution in [2.45, 2.75) is 26.2 Å². The summed E-state index contributed by atoms with van der Waals surface area (Å²) < 4.78 is 4.91. The highest BCUT2D eigenvalue weighted by molar-refractivity contribution is 5.76. The molecule has 4 nitrogen and oxygen atoms in total. The van der Waals surface area contributed by atoms with Crippen LogP contribution in [0, 0.1) is 0 Å². The molecule has 14 heavy (non-hydrogen) atoms. The Hall–Kier alpha value is -0.610. The molecule has 0 saturated carbocycles. The number of aliphatic hydroxyl groups is 1. The van der Waals surface area contributed by atoms with Gasteiger partial charge in [-0.15, -0.1) is 0 Å². The predicted octanol–water partition coefficient (Wildman–Crippen LogP) is 0.644. The number of ether oxygens (including phenoxy) is 1. The van der Waals surface area contributed by atoms with Crippen LogP contribution in [0.1, 0.15) is 26.2 Å². The molecular formula is C10H21NO3. The fourth-order valence-corrected chi connectivity index (χ4v) is 1.25. The monoisotopic (exact) mass is 203 g/mol. The Morgan fingerprint density at radius 2 is 2.14 bits per heavy atom. The van der Waals surface area contributed by atoms with Crippen molar-refractivity contribution in [3.8, 4) is 0 Å². The van der Waals surface area contributed by atoms with E-state index in [2.05, 4.69) is 0 Å². The van der Waals surface area contributed by atoms with Crippen LogP contribution in [-0.2, 0) is 9.53 Å². The number of rotatable bonds is 8. The van der Waals surface area contributed by atoms with Crippen molar-refractivity contribution in [2.75, 3.05) is 33.4 Å². The van der Waals surface area contributed by atoms with Gasteiger partial charge in [0.15, 0.2) is 0 Å². The number of hydrogen-bond donors (Lipinski definition) is 1. The first-order chi connectivity index (χ1) is 6.76. The third kappa shape index (κ3) is 5.94. The van der Waals surface area contributed by atoms with E-state index in [1.54, 1.807) is 12.0 Å². The minimum Gasteiger partial charge on any atom is -0.395 e. The standard InChI is InChI=1S/C10H21NO3/c1-3-5-10(13)11(7-8-12)6-4-9-14-2/h12H,3-9H2,1-2H3. The lowest BCUT2D eigenvalue weighted by atomic mass is 10.3. The van der Waals surface area contributed by atoms with Gasteiger partial charge in [0.2, 0.25) is 5.91 Å². The molecule has 1 amide bonds. The second kappa shape index (κ2) is 8.97. The summed E-state index contributed by atoms with van der Waals surface area (Å²) in [5, 5.41) is 8.79. The molecule has 0 heterocycles. The summed E-state index contributed by atoms with van der Waals surface area (Å²) in [4.78, 5) is 13.2. The Balaban J connectivity index is 3.81. The molecule has 0 spiro atoms. The Labute approximate surface area is 85.9 Å². The van der Waals surface area contributed by atoms with Gasteiger partial charge in [0.05, 0.1) is 6.61 Å². The van der Waals surface area contributed by atoms with Crippen LogP contribution in [0.2, 0.25) is 0 Å². The summed E-state index contributed by atoms with van der Waals surface area (Å²) in [5.74, 6) is 0.123. The highest BCUT2D eigenvalue weighted by Gasteiger charge is 2.10. The van der Waals surface area contributed by atoms with Gasteiger partial charge >= 0.3 is 0 Å². The molecule has 0 aromatic carbocycles. The molecule has 0 fully saturated rings. The second-order valence-electron chi connectivity index (χ2n) is 3.20. The summed E-state index contributed by atoms with van der Waals surface area (Å²) in [5.41, 5.74) is 0. The number of methoxy groups -OCH3 is 1. The van der Waals surface area contributed by atoms with E-state index in [-0.39, 0.29) is 12.5 Å². The molecule has 0 aliphatic rings. The molecule has 0 atom stereocenters. The van der Waals surface area contributed by atoms with Crippen molar-refractivity contribution in [1.29, 1.82) is 0 Å². The zero-order valence-corrected chi connectivity index (χ0v) is 9.16. The summed E-state index contributed by atoms with van der Waals surface area (Å²) in [6.45, 7) is 3.77. The normalized spacial score (nSPS) is 10.2. The molecule has 1 N–H and O–H groups in total. The fourth-order valence-electron chi connectivity index (χ4n) is 1.25. The molecular weight excluding hydrogens is 182 g/mol. The van der Waals surface area contributed by atoms with Gasteiger partial charge in [-0.2, -0.15) is 0 Å². The molecule has 0 aromatic rings. The van der Waals surface area contributed by atoms with E-state index >= 15 is 0 Å². The lowest BCUT2D eigenvalue weighted by Gasteiger charge is -2.21. The molecule has 0 bridgehead atoms. The Morgan fingerprint density at radius 3 is 2.64 bits per heavy atom. The molecule has 0 unspecified atom stereocenters. The highest BCUT2D eigenvalue weighted by Crippen LogP contribution is 1.99. The van der Waals surface area contributed by atoms with Gasteiger partial charge in [0.25, 0.3) is 0 Å². The summed E-state index contributed by atoms with van der Waals surface area (Å²) >= 11 is 0. The Kier molecular flexibility index (Phi) is 8.57. The van der Waals surface area contributed by atoms with Gasteiger partial charge in [-0.25, -0.2) is 0 Å². The predicted molar refractivity (Wildman–Crippen MR) is 55.1 cm³/mol. The lowest BCUT2D eigenvalue weighted by molar-refractivity contribution is -0.131. The van der Waals surface area contributed by atoms with E-state index in [1.807, 2.05) is 6.92 Å². The van der Waals surface area contributed by atoms with Gasteiger partial charge in [0, 0.05) is 33.2 Å². The topological polar surface area (TPSA) is 49.8 Å². The maximum Gasteiger partial charge on any atom is 0.222 e. The van der Waals surface area contributed by atoms with Crippen LogP contribution < -0.4 is 0 Å². The number of aliphatic hydroxyl groups excluding tert-OH is 1. The zero-order valence-electron chi connectivity index (χ0n) is 9.16. The Bertz CT molecular complexity index is 150. The van der Waals surface area contributed by atoms with E-state index in [4.69, 9.17) is 9.84 Å². The largest absolute Gasteiger partial charge is 0.395 e. The average Bonchev–Trinajstić information content (AvgIpc) is 2.17. The second-order valence-corrected chi connectivity index (χ2v) is 3.20. The van der Waals surface area contributed by atoms with Crippen LogP contribution in [0.3, 0.4) is 0 Å². The van der Waals surface area contributed by atoms with Crippen LogP contribution in [0.25, 0.3) is 0 Å². The SMILES string of the molecule is CCCC(=O)N(CCO)CCCOC. The van der Waals surface area contributed by atoms with Crippen LogP contribution >= 0.6 is 0 Å². The quantitative estimate of drug-likeness (QED) is 0.589. The molecule has 4 heteroatoms. The van der Waals surface area contributed by atoms with Crippen molar-refractivity contribution in [3.63, 3.8) is 0 Å². The van der Waals surface area contributed by atoms with E-state index < -0.39 is 0 Å². The van der Waals surface area contributed by atoms with E-state index in [0.29, 0.717) is 26.1 Å². The minimum atomic E-state index is 0.0302. The molecule has 0 radical (unpaired) electrons. The van der Waals surface area contributed by atoms with Crippen molar-refractivity contribution in [1.82, 2.24) is 4.90 Å². The number of carbonyl (C=O) groups is 1. The van der Waals surface area contributed by atoms with Crippen LogP contribution in [0.5, 0.6) is 0 Å². The third-order valence-electron chi connectivity index (χ3n) is 1.96. The lowest BCUT2D eigenvalue weighted by Crippen LogP contribution is -2.34. The molecule has 84 valence electrons. The first kappa shape index (κ1) is 13.4. The fraction of sp³-hybridized carbons (Fsp3) is 0.900. The van der Waals surface area contributed by atoms with Gasteiger partial charge in [0.1, 0.15) is 0 Å². The van der Waals surface area contributed by atoms with Gasteiger partial charge in [-0.05, 0) is 12.8 Å². The van der Waals surface area contributed by atoms with Gasteiger partial charge < -0.3 is 14.7 Å². The average molecular weight is 203 g/mol. The zero-order chi connectivity index (χ0) is 10.8. The van der Waals surface area contributed by atoms with Gasteiger partial charge in [-0.1, -0.05) is 6.92 Å². The smallest absolute Gasteiger partial charge is 0.222 e. The van der Waals surface area contributed by atoms with Crippen LogP contribution in [0.4, 0.5) is 0 Å². The number of amides is 1. The summed E-state index contributed by atoms with van der Waals surface area (Å²) in [7, 11) is 1.64. The Morgan fingerprint density at radius 1 is 1.43 bits per heavy atom. The van der Waals surface area contributed by atoms with E-state index in [1.165, 1.54) is 0 Å². The highest BCUT2D eigenvalue weighted by atomic mass is 16.5. The van der Waals surface area contributed by atoms with Crippen molar-refractivity contribution in [3.05, 3.63) is 0 Å².